The molecule has 0 fully saturated rings. The van der Waals surface area contributed by atoms with Crippen molar-refractivity contribution in [2.45, 2.75) is 46.3 Å². The number of aliphatic hydroxyl groups is 1. The minimum Gasteiger partial charge on any atom is -0.378 e. The molecule has 0 aromatic heterocycles. The summed E-state index contributed by atoms with van der Waals surface area (Å²) in [6.45, 7) is 6.55. The first-order valence-electron chi connectivity index (χ1n) is 4.97. The molecule has 3 unspecified atom stereocenters. The first-order valence-corrected chi connectivity index (χ1v) is 4.97. The summed E-state index contributed by atoms with van der Waals surface area (Å²) in [5, 5.41) is 12.3. The highest BCUT2D eigenvalue weighted by atomic mass is 16.3. The normalized spacial score (nSPS) is 18.8. The van der Waals surface area contributed by atoms with Crippen molar-refractivity contribution in [2.24, 2.45) is 11.8 Å². The van der Waals surface area contributed by atoms with E-state index >= 15 is 0 Å². The third-order valence-corrected chi connectivity index (χ3v) is 2.39. The molecule has 3 atom stereocenters. The fourth-order valence-corrected chi connectivity index (χ4v) is 1.66. The lowest BCUT2D eigenvalue weighted by molar-refractivity contribution is 0.0781. The molecule has 12 heavy (non-hydrogen) atoms. The third-order valence-electron chi connectivity index (χ3n) is 2.39. The van der Waals surface area contributed by atoms with Crippen LogP contribution in [0.25, 0.3) is 0 Å². The zero-order valence-corrected chi connectivity index (χ0v) is 8.80. The molecule has 0 spiro atoms. The van der Waals surface area contributed by atoms with E-state index in [0.717, 1.165) is 12.3 Å². The van der Waals surface area contributed by atoms with Crippen molar-refractivity contribution in [3.8, 4) is 0 Å². The monoisotopic (exact) mass is 173 g/mol. The summed E-state index contributed by atoms with van der Waals surface area (Å²) in [6.07, 6.45) is 3.27. The van der Waals surface area contributed by atoms with Crippen molar-refractivity contribution in [2.75, 3.05) is 7.05 Å². The van der Waals surface area contributed by atoms with E-state index in [4.69, 9.17) is 0 Å². The summed E-state index contributed by atoms with van der Waals surface area (Å²) in [5.74, 6) is 1.09. The van der Waals surface area contributed by atoms with Crippen LogP contribution in [0, 0.1) is 11.8 Å². The van der Waals surface area contributed by atoms with Crippen LogP contribution in [0.1, 0.15) is 40.0 Å². The number of hydrogen-bond donors (Lipinski definition) is 2. The Kier molecular flexibility index (Phi) is 6.39. The Morgan fingerprint density at radius 3 is 2.33 bits per heavy atom. The molecule has 2 nitrogen and oxygen atoms in total. The molecule has 0 heterocycles. The Balaban J connectivity index is 3.59. The molecule has 0 bridgehead atoms. The van der Waals surface area contributed by atoms with E-state index in [0.29, 0.717) is 5.92 Å². The van der Waals surface area contributed by atoms with Gasteiger partial charge in [0, 0.05) is 0 Å². The van der Waals surface area contributed by atoms with Gasteiger partial charge in [-0.3, -0.25) is 5.32 Å². The number of nitrogens with one attached hydrogen (secondary N) is 1. The van der Waals surface area contributed by atoms with Crippen molar-refractivity contribution >= 4 is 0 Å². The van der Waals surface area contributed by atoms with Gasteiger partial charge in [0.25, 0.3) is 0 Å². The zero-order valence-electron chi connectivity index (χ0n) is 8.80. The third kappa shape index (κ3) is 4.73. The molecule has 0 aliphatic heterocycles. The van der Waals surface area contributed by atoms with Gasteiger partial charge >= 0.3 is 0 Å². The Hall–Kier alpha value is -0.0800. The first kappa shape index (κ1) is 11.9. The lowest BCUT2D eigenvalue weighted by Crippen LogP contribution is -2.32. The summed E-state index contributed by atoms with van der Waals surface area (Å²) < 4.78 is 0. The fraction of sp³-hybridized carbons (Fsp3) is 1.00. The van der Waals surface area contributed by atoms with Gasteiger partial charge < -0.3 is 5.11 Å². The molecular formula is C10H23NO. The van der Waals surface area contributed by atoms with E-state index in [1.54, 1.807) is 7.05 Å². The number of rotatable bonds is 6. The largest absolute Gasteiger partial charge is 0.378 e. The van der Waals surface area contributed by atoms with Crippen LogP contribution in [0.15, 0.2) is 0 Å². The van der Waals surface area contributed by atoms with E-state index < -0.39 is 0 Å². The van der Waals surface area contributed by atoms with Gasteiger partial charge in [-0.1, -0.05) is 33.6 Å². The Labute approximate surface area is 76.4 Å². The van der Waals surface area contributed by atoms with E-state index in [9.17, 15) is 5.11 Å². The summed E-state index contributed by atoms with van der Waals surface area (Å²) in [5.41, 5.74) is 0. The number of hydrogen-bond acceptors (Lipinski definition) is 2. The van der Waals surface area contributed by atoms with Gasteiger partial charge in [0.1, 0.15) is 6.23 Å². The smallest absolute Gasteiger partial charge is 0.107 e. The van der Waals surface area contributed by atoms with Gasteiger partial charge in [-0.2, -0.15) is 0 Å². The predicted molar refractivity (Wildman–Crippen MR) is 52.9 cm³/mol. The molecule has 0 aliphatic carbocycles. The molecule has 0 aromatic carbocycles. The SMILES string of the molecule is CCCC(C)CC(C)C(O)NC. The molecular weight excluding hydrogens is 150 g/mol. The highest BCUT2D eigenvalue weighted by Gasteiger charge is 2.14. The topological polar surface area (TPSA) is 32.3 Å². The molecule has 2 N–H and O–H groups in total. The summed E-state index contributed by atoms with van der Waals surface area (Å²) >= 11 is 0. The van der Waals surface area contributed by atoms with Crippen molar-refractivity contribution in [3.05, 3.63) is 0 Å². The Morgan fingerprint density at radius 1 is 1.33 bits per heavy atom. The lowest BCUT2D eigenvalue weighted by atomic mass is 9.93. The molecule has 2 heteroatoms. The predicted octanol–water partition coefficient (Wildman–Crippen LogP) is 1.99. The maximum atomic E-state index is 9.43. The zero-order chi connectivity index (χ0) is 9.56. The Bertz CT molecular complexity index is 106. The van der Waals surface area contributed by atoms with Gasteiger partial charge in [-0.15, -0.1) is 0 Å². The van der Waals surface area contributed by atoms with E-state index in [1.165, 1.54) is 12.8 Å². The molecule has 0 radical (unpaired) electrons. The minimum absolute atomic E-state index is 0.343. The van der Waals surface area contributed by atoms with Gasteiger partial charge in [0.2, 0.25) is 0 Å². The quantitative estimate of drug-likeness (QED) is 0.602. The molecule has 0 rings (SSSR count). The second-order valence-electron chi connectivity index (χ2n) is 3.84. The maximum Gasteiger partial charge on any atom is 0.107 e. The van der Waals surface area contributed by atoms with Crippen LogP contribution in [0.3, 0.4) is 0 Å². The first-order chi connectivity index (χ1) is 5.61. The number of aliphatic hydroxyl groups excluding tert-OH is 1. The van der Waals surface area contributed by atoms with E-state index in [-0.39, 0.29) is 6.23 Å². The molecule has 0 saturated carbocycles. The molecule has 0 amide bonds. The van der Waals surface area contributed by atoms with Crippen LogP contribution < -0.4 is 5.32 Å². The van der Waals surface area contributed by atoms with Crippen molar-refractivity contribution in [1.82, 2.24) is 5.32 Å². The van der Waals surface area contributed by atoms with Crippen LogP contribution in [-0.2, 0) is 0 Å². The average molecular weight is 173 g/mol. The maximum absolute atomic E-state index is 9.43. The van der Waals surface area contributed by atoms with Crippen LogP contribution in [0.5, 0.6) is 0 Å². The van der Waals surface area contributed by atoms with E-state index in [1.807, 2.05) is 0 Å². The standard InChI is InChI=1S/C10H23NO/c1-5-6-8(2)7-9(3)10(12)11-4/h8-12H,5-7H2,1-4H3. The Morgan fingerprint density at radius 2 is 1.92 bits per heavy atom. The van der Waals surface area contributed by atoms with Gasteiger partial charge in [0.05, 0.1) is 0 Å². The summed E-state index contributed by atoms with van der Waals surface area (Å²) in [7, 11) is 1.80. The van der Waals surface area contributed by atoms with Crippen LogP contribution in [0.2, 0.25) is 0 Å². The molecule has 0 saturated heterocycles. The van der Waals surface area contributed by atoms with Crippen LogP contribution in [0.4, 0.5) is 0 Å². The lowest BCUT2D eigenvalue weighted by Gasteiger charge is -2.21. The second kappa shape index (κ2) is 6.44. The van der Waals surface area contributed by atoms with Crippen molar-refractivity contribution in [1.29, 1.82) is 0 Å². The fourth-order valence-electron chi connectivity index (χ4n) is 1.66. The van der Waals surface area contributed by atoms with Crippen molar-refractivity contribution < 1.29 is 5.11 Å². The van der Waals surface area contributed by atoms with Gasteiger partial charge in [0.15, 0.2) is 0 Å². The highest BCUT2D eigenvalue weighted by Crippen LogP contribution is 2.17. The molecule has 0 aromatic rings. The molecule has 0 aliphatic rings. The van der Waals surface area contributed by atoms with Gasteiger partial charge in [-0.25, -0.2) is 0 Å². The minimum atomic E-state index is -0.343. The van der Waals surface area contributed by atoms with E-state index in [2.05, 4.69) is 26.1 Å². The van der Waals surface area contributed by atoms with Crippen LogP contribution >= 0.6 is 0 Å². The summed E-state index contributed by atoms with van der Waals surface area (Å²) in [6, 6.07) is 0. The van der Waals surface area contributed by atoms with Crippen LogP contribution in [-0.4, -0.2) is 18.4 Å². The average Bonchev–Trinajstić information content (AvgIpc) is 2.03. The summed E-state index contributed by atoms with van der Waals surface area (Å²) in [4.78, 5) is 0. The highest BCUT2D eigenvalue weighted by molar-refractivity contribution is 4.64. The second-order valence-corrected chi connectivity index (χ2v) is 3.84. The molecule has 74 valence electrons. The van der Waals surface area contributed by atoms with Crippen molar-refractivity contribution in [3.63, 3.8) is 0 Å². The van der Waals surface area contributed by atoms with Gasteiger partial charge in [-0.05, 0) is 25.3 Å².